The molecule has 2 heterocycles. The molecule has 8 heteroatoms. The number of fused-ring (bicyclic) bond motifs is 1. The largest absolute Gasteiger partial charge is 0.493 e. The van der Waals surface area contributed by atoms with Crippen molar-refractivity contribution >= 4 is 35.8 Å². The fraction of sp³-hybridized carbons (Fsp3) is 0.440. The first-order valence-corrected chi connectivity index (χ1v) is 11.2. The monoisotopic (exact) mass is 564 g/mol. The van der Waals surface area contributed by atoms with Crippen molar-refractivity contribution in [3.63, 3.8) is 0 Å². The molecular weight excluding hydrogens is 531 g/mol. The third-order valence-electron chi connectivity index (χ3n) is 6.32. The molecule has 0 saturated carbocycles. The molecule has 178 valence electrons. The van der Waals surface area contributed by atoms with Gasteiger partial charge in [0.1, 0.15) is 0 Å². The van der Waals surface area contributed by atoms with E-state index in [1.165, 1.54) is 22.3 Å². The second-order valence-corrected chi connectivity index (χ2v) is 8.24. The number of carbonyl (C=O) groups excluding carboxylic acids is 1. The molecule has 0 aliphatic carbocycles. The van der Waals surface area contributed by atoms with Gasteiger partial charge in [-0.25, -0.2) is 0 Å². The van der Waals surface area contributed by atoms with Crippen molar-refractivity contribution in [3.05, 3.63) is 58.7 Å². The summed E-state index contributed by atoms with van der Waals surface area (Å²) >= 11 is 0. The maximum absolute atomic E-state index is 12.1. The molecule has 0 unspecified atom stereocenters. The lowest BCUT2D eigenvalue weighted by Gasteiger charge is -2.32. The number of nitrogens with one attached hydrogen (secondary N) is 1. The Balaban J connectivity index is 0.00000306. The molecule has 33 heavy (non-hydrogen) atoms. The molecule has 7 nitrogen and oxygen atoms in total. The molecular formula is C25H33IN4O3. The van der Waals surface area contributed by atoms with Crippen LogP contribution in [0.25, 0.3) is 0 Å². The number of methoxy groups -OCH3 is 2. The molecule has 0 spiro atoms. The van der Waals surface area contributed by atoms with Crippen LogP contribution in [0.5, 0.6) is 11.5 Å². The fourth-order valence-electron chi connectivity index (χ4n) is 4.53. The van der Waals surface area contributed by atoms with Crippen LogP contribution in [0.2, 0.25) is 0 Å². The van der Waals surface area contributed by atoms with E-state index in [9.17, 15) is 4.79 Å². The van der Waals surface area contributed by atoms with Crippen LogP contribution < -0.4 is 14.8 Å². The minimum atomic E-state index is 0. The lowest BCUT2D eigenvalue weighted by molar-refractivity contribution is -0.128. The van der Waals surface area contributed by atoms with Gasteiger partial charge in [0, 0.05) is 46.2 Å². The second-order valence-electron chi connectivity index (χ2n) is 8.24. The lowest BCUT2D eigenvalue weighted by atomic mass is 9.99. The molecule has 0 bridgehead atoms. The Hall–Kier alpha value is -2.49. The highest BCUT2D eigenvalue weighted by atomic mass is 127. The number of carbonyl (C=O) groups is 1. The molecule has 0 radical (unpaired) electrons. The fourth-order valence-corrected chi connectivity index (χ4v) is 4.53. The van der Waals surface area contributed by atoms with Crippen LogP contribution in [-0.4, -0.2) is 56.0 Å². The number of guanidine groups is 1. The summed E-state index contributed by atoms with van der Waals surface area (Å²) in [4.78, 5) is 20.8. The summed E-state index contributed by atoms with van der Waals surface area (Å²) in [6.45, 7) is 3.84. The van der Waals surface area contributed by atoms with E-state index in [-0.39, 0.29) is 29.9 Å². The minimum absolute atomic E-state index is 0. The lowest BCUT2D eigenvalue weighted by Crippen LogP contribution is -2.43. The first kappa shape index (κ1) is 25.1. The quantitative estimate of drug-likeness (QED) is 0.330. The van der Waals surface area contributed by atoms with Gasteiger partial charge in [0.15, 0.2) is 17.5 Å². The smallest absolute Gasteiger partial charge is 0.222 e. The number of amides is 1. The zero-order valence-corrected chi connectivity index (χ0v) is 21.9. The van der Waals surface area contributed by atoms with Crippen molar-refractivity contribution in [2.24, 2.45) is 4.99 Å². The number of benzene rings is 2. The Labute approximate surface area is 213 Å². The van der Waals surface area contributed by atoms with Crippen LogP contribution in [-0.2, 0) is 30.8 Å². The van der Waals surface area contributed by atoms with E-state index in [2.05, 4.69) is 39.5 Å². The van der Waals surface area contributed by atoms with Gasteiger partial charge < -0.3 is 24.6 Å². The molecule has 2 aromatic carbocycles. The van der Waals surface area contributed by atoms with Crippen LogP contribution in [0.15, 0.2) is 41.4 Å². The van der Waals surface area contributed by atoms with Gasteiger partial charge in [-0.1, -0.05) is 24.3 Å². The van der Waals surface area contributed by atoms with E-state index in [1.807, 2.05) is 24.1 Å². The molecule has 1 N–H and O–H groups in total. The first-order chi connectivity index (χ1) is 15.6. The van der Waals surface area contributed by atoms with Crippen molar-refractivity contribution in [2.75, 3.05) is 34.4 Å². The van der Waals surface area contributed by atoms with Gasteiger partial charge in [0.2, 0.25) is 5.91 Å². The van der Waals surface area contributed by atoms with E-state index in [0.29, 0.717) is 19.5 Å². The van der Waals surface area contributed by atoms with Gasteiger partial charge in [0.25, 0.3) is 0 Å². The molecule has 2 aromatic rings. The Morgan fingerprint density at radius 2 is 1.73 bits per heavy atom. The summed E-state index contributed by atoms with van der Waals surface area (Å²) in [6.07, 6.45) is 2.54. The van der Waals surface area contributed by atoms with E-state index in [1.54, 1.807) is 14.2 Å². The topological polar surface area (TPSA) is 66.4 Å². The Bertz CT molecular complexity index is 1010. The number of likely N-dealkylation sites (tertiary alicyclic amines) is 1. The number of aliphatic imine (C=N–C) groups is 1. The number of hydrogen-bond acceptors (Lipinski definition) is 4. The molecule has 4 rings (SSSR count). The van der Waals surface area contributed by atoms with Crippen molar-refractivity contribution < 1.29 is 14.3 Å². The molecule has 0 aromatic heterocycles. The highest BCUT2D eigenvalue weighted by Gasteiger charge is 2.23. The van der Waals surface area contributed by atoms with Crippen LogP contribution in [0.4, 0.5) is 0 Å². The second kappa shape index (κ2) is 11.6. The summed E-state index contributed by atoms with van der Waals surface area (Å²) < 4.78 is 10.9. The maximum Gasteiger partial charge on any atom is 0.222 e. The van der Waals surface area contributed by atoms with Crippen molar-refractivity contribution in [3.8, 4) is 11.5 Å². The summed E-state index contributed by atoms with van der Waals surface area (Å²) in [6, 6.07) is 12.5. The van der Waals surface area contributed by atoms with Gasteiger partial charge in [0.05, 0.1) is 14.2 Å². The third kappa shape index (κ3) is 5.72. The number of rotatable bonds is 6. The summed E-state index contributed by atoms with van der Waals surface area (Å²) in [5.41, 5.74) is 4.89. The third-order valence-corrected chi connectivity index (χ3v) is 6.32. The highest BCUT2D eigenvalue weighted by Crippen LogP contribution is 2.33. The standard InChI is InChI=1S/C25H32N4O3.HI/c1-26-25(29-12-10-18-13-22(31-2)23(32-3)14-21(18)17-29)27-15-19-7-4-5-8-20(19)16-28-11-6-9-24(28)30;/h4-5,7-8,13-14H,6,9-12,15-17H2,1-3H3,(H,26,27);1H. The molecule has 0 atom stereocenters. The summed E-state index contributed by atoms with van der Waals surface area (Å²) in [5.74, 6) is 2.65. The molecule has 1 fully saturated rings. The zero-order chi connectivity index (χ0) is 22.5. The van der Waals surface area contributed by atoms with Gasteiger partial charge in [-0.3, -0.25) is 9.79 Å². The molecule has 1 amide bonds. The van der Waals surface area contributed by atoms with Gasteiger partial charge in [-0.05, 0) is 47.2 Å². The van der Waals surface area contributed by atoms with Crippen LogP contribution in [0.3, 0.4) is 0 Å². The average Bonchev–Trinajstić information content (AvgIpc) is 3.23. The Morgan fingerprint density at radius 3 is 2.36 bits per heavy atom. The Morgan fingerprint density at radius 1 is 1.03 bits per heavy atom. The molecule has 2 aliphatic rings. The molecule has 1 saturated heterocycles. The Kier molecular flexibility index (Phi) is 8.82. The van der Waals surface area contributed by atoms with Crippen LogP contribution in [0.1, 0.15) is 35.1 Å². The predicted molar refractivity (Wildman–Crippen MR) is 140 cm³/mol. The van der Waals surface area contributed by atoms with Gasteiger partial charge in [-0.15, -0.1) is 24.0 Å². The first-order valence-electron chi connectivity index (χ1n) is 11.2. The van der Waals surface area contributed by atoms with Crippen molar-refractivity contribution in [1.82, 2.24) is 15.1 Å². The van der Waals surface area contributed by atoms with Crippen LogP contribution >= 0.6 is 24.0 Å². The number of ether oxygens (including phenoxy) is 2. The molecule has 2 aliphatic heterocycles. The average molecular weight is 564 g/mol. The van der Waals surface area contributed by atoms with Crippen LogP contribution in [0, 0.1) is 0 Å². The SMILES string of the molecule is CN=C(NCc1ccccc1CN1CCCC1=O)N1CCc2cc(OC)c(OC)cc2C1.I. The number of nitrogens with zero attached hydrogens (tertiary/aromatic N) is 3. The minimum Gasteiger partial charge on any atom is -0.493 e. The van der Waals surface area contributed by atoms with E-state index < -0.39 is 0 Å². The maximum atomic E-state index is 12.1. The highest BCUT2D eigenvalue weighted by molar-refractivity contribution is 14.0. The number of halogens is 1. The summed E-state index contributed by atoms with van der Waals surface area (Å²) in [5, 5.41) is 3.53. The van der Waals surface area contributed by atoms with Crippen molar-refractivity contribution in [2.45, 2.75) is 38.9 Å². The number of hydrogen-bond donors (Lipinski definition) is 1. The summed E-state index contributed by atoms with van der Waals surface area (Å²) in [7, 11) is 5.16. The normalized spacial score (nSPS) is 15.7. The van der Waals surface area contributed by atoms with Crippen molar-refractivity contribution in [1.29, 1.82) is 0 Å². The predicted octanol–water partition coefficient (Wildman–Crippen LogP) is 3.58. The van der Waals surface area contributed by atoms with Gasteiger partial charge in [-0.2, -0.15) is 0 Å². The van der Waals surface area contributed by atoms with Gasteiger partial charge >= 0.3 is 0 Å². The van der Waals surface area contributed by atoms with E-state index >= 15 is 0 Å². The zero-order valence-electron chi connectivity index (χ0n) is 19.6. The van der Waals surface area contributed by atoms with E-state index in [4.69, 9.17) is 9.47 Å². The van der Waals surface area contributed by atoms with E-state index in [0.717, 1.165) is 49.9 Å².